The second kappa shape index (κ2) is 7.21. The smallest absolute Gasteiger partial charge is 0.307 e. The third kappa shape index (κ3) is 3.77. The summed E-state index contributed by atoms with van der Waals surface area (Å²) in [6.45, 7) is 5.57. The summed E-state index contributed by atoms with van der Waals surface area (Å²) in [7, 11) is -3.29. The Kier molecular flexibility index (Phi) is 6.47. The Morgan fingerprint density at radius 2 is 1.52 bits per heavy atom. The first-order valence-corrected chi connectivity index (χ1v) is 10.9. The van der Waals surface area contributed by atoms with E-state index in [0.717, 1.165) is 11.8 Å². The molecule has 4 nitrogen and oxygen atoms in total. The number of carbonyl (C=O) groups is 1. The highest BCUT2D eigenvalue weighted by Gasteiger charge is 2.57. The van der Waals surface area contributed by atoms with Crippen LogP contribution in [0.5, 0.6) is 0 Å². The maximum absolute atomic E-state index is 12.6. The maximum Gasteiger partial charge on any atom is 0.307 e. The van der Waals surface area contributed by atoms with Crippen LogP contribution in [0, 0.1) is 23.7 Å². The summed E-state index contributed by atoms with van der Waals surface area (Å²) in [5.74, 6) is 2.24. The molecule has 4 aliphatic carbocycles. The minimum absolute atomic E-state index is 0. The molecule has 1 unspecified atom stereocenters. The zero-order chi connectivity index (χ0) is 17.0. The molecule has 4 saturated carbocycles. The molecule has 4 aliphatic rings. The minimum atomic E-state index is -3.29. The first kappa shape index (κ1) is 22.5. The van der Waals surface area contributed by atoms with Gasteiger partial charge in [0, 0.05) is 6.26 Å². The van der Waals surface area contributed by atoms with Crippen molar-refractivity contribution in [3.63, 3.8) is 0 Å². The van der Waals surface area contributed by atoms with Crippen molar-refractivity contribution < 1.29 is 17.9 Å². The SMILES string of the molecule is C.C.CCC(C)(CC(=O)OC1(C)C2CC3CC(C2)CC1C3)S(C)(=O)=O. The quantitative estimate of drug-likeness (QED) is 0.659. The molecular weight excluding hydrogens is 336 g/mol. The lowest BCUT2D eigenvalue weighted by atomic mass is 9.50. The van der Waals surface area contributed by atoms with Crippen LogP contribution in [0.3, 0.4) is 0 Å². The summed E-state index contributed by atoms with van der Waals surface area (Å²) in [5.41, 5.74) is -0.378. The highest BCUT2D eigenvalue weighted by atomic mass is 32.2. The first-order chi connectivity index (χ1) is 10.6. The molecule has 0 aromatic carbocycles. The van der Waals surface area contributed by atoms with Gasteiger partial charge in [0.05, 0.1) is 11.2 Å². The fourth-order valence-corrected chi connectivity index (χ4v) is 6.30. The number of carbonyl (C=O) groups excluding carboxylic acids is 1. The van der Waals surface area contributed by atoms with Crippen LogP contribution < -0.4 is 0 Å². The van der Waals surface area contributed by atoms with Crippen molar-refractivity contribution in [2.24, 2.45) is 23.7 Å². The molecule has 4 rings (SSSR count). The van der Waals surface area contributed by atoms with Gasteiger partial charge in [-0.3, -0.25) is 4.79 Å². The van der Waals surface area contributed by atoms with E-state index >= 15 is 0 Å². The van der Waals surface area contributed by atoms with Gasteiger partial charge in [0.1, 0.15) is 5.60 Å². The maximum atomic E-state index is 12.6. The van der Waals surface area contributed by atoms with Gasteiger partial charge in [-0.15, -0.1) is 0 Å². The van der Waals surface area contributed by atoms with E-state index in [1.165, 1.54) is 38.4 Å². The number of ether oxygens (including phenoxy) is 1. The second-order valence-electron chi connectivity index (χ2n) is 8.71. The zero-order valence-corrected chi connectivity index (χ0v) is 15.6. The van der Waals surface area contributed by atoms with Crippen LogP contribution in [0.4, 0.5) is 0 Å². The predicted molar refractivity (Wildman–Crippen MR) is 103 cm³/mol. The molecule has 0 amide bonds. The van der Waals surface area contributed by atoms with Crippen molar-refractivity contribution in [1.29, 1.82) is 0 Å². The highest BCUT2D eigenvalue weighted by Crippen LogP contribution is 2.59. The van der Waals surface area contributed by atoms with Crippen LogP contribution in [-0.4, -0.2) is 31.0 Å². The number of hydrogen-bond donors (Lipinski definition) is 0. The van der Waals surface area contributed by atoms with Crippen LogP contribution in [-0.2, 0) is 19.4 Å². The molecule has 1 atom stereocenters. The van der Waals surface area contributed by atoms with Crippen molar-refractivity contribution >= 4 is 15.8 Å². The molecule has 0 heterocycles. The van der Waals surface area contributed by atoms with Crippen LogP contribution in [0.15, 0.2) is 0 Å². The van der Waals surface area contributed by atoms with Crippen LogP contribution in [0.2, 0.25) is 0 Å². The number of esters is 1. The molecule has 5 heteroatoms. The molecule has 0 aromatic heterocycles. The standard InChI is InChI=1S/C18H30O4S.2CH4/c1-5-17(2,23(4,20)21)11-16(19)22-18(3)14-7-12-6-13(9-14)10-15(18)8-12;;/h12-15H,5-11H2,1-4H3;2*1H4. The molecule has 0 N–H and O–H groups in total. The van der Waals surface area contributed by atoms with E-state index in [4.69, 9.17) is 4.74 Å². The fraction of sp³-hybridized carbons (Fsp3) is 0.950. The Morgan fingerprint density at radius 3 is 1.88 bits per heavy atom. The molecule has 4 bridgehead atoms. The third-order valence-electron chi connectivity index (χ3n) is 7.25. The highest BCUT2D eigenvalue weighted by molar-refractivity contribution is 7.92. The Hall–Kier alpha value is -0.580. The van der Waals surface area contributed by atoms with Gasteiger partial charge in [-0.05, 0) is 76.0 Å². The molecule has 0 saturated heterocycles. The van der Waals surface area contributed by atoms with Crippen LogP contribution in [0.25, 0.3) is 0 Å². The summed E-state index contributed by atoms with van der Waals surface area (Å²) in [5, 5.41) is 0. The van der Waals surface area contributed by atoms with E-state index in [1.807, 2.05) is 6.92 Å². The Morgan fingerprint density at radius 1 is 1.08 bits per heavy atom. The lowest BCUT2D eigenvalue weighted by Crippen LogP contribution is -2.58. The van der Waals surface area contributed by atoms with Gasteiger partial charge in [0.25, 0.3) is 0 Å². The van der Waals surface area contributed by atoms with Gasteiger partial charge in [-0.2, -0.15) is 0 Å². The number of hydrogen-bond acceptors (Lipinski definition) is 4. The second-order valence-corrected chi connectivity index (χ2v) is 11.2. The predicted octanol–water partition coefficient (Wildman–Crippen LogP) is 4.62. The molecule has 0 aromatic rings. The lowest BCUT2D eigenvalue weighted by molar-refractivity contribution is -0.203. The van der Waals surface area contributed by atoms with Gasteiger partial charge >= 0.3 is 5.97 Å². The largest absolute Gasteiger partial charge is 0.459 e. The van der Waals surface area contributed by atoms with Gasteiger partial charge in [-0.1, -0.05) is 21.8 Å². The average Bonchev–Trinajstić information content (AvgIpc) is 2.42. The van der Waals surface area contributed by atoms with E-state index < -0.39 is 14.6 Å². The monoisotopic (exact) mass is 374 g/mol. The normalized spacial score (nSPS) is 38.2. The van der Waals surface area contributed by atoms with Gasteiger partial charge < -0.3 is 4.74 Å². The Labute approximate surface area is 155 Å². The summed E-state index contributed by atoms with van der Waals surface area (Å²) < 4.78 is 29.0. The van der Waals surface area contributed by atoms with Crippen molar-refractivity contribution in [2.45, 2.75) is 90.9 Å². The summed E-state index contributed by atoms with van der Waals surface area (Å²) in [4.78, 5) is 12.6. The van der Waals surface area contributed by atoms with E-state index in [-0.39, 0.29) is 32.8 Å². The van der Waals surface area contributed by atoms with Gasteiger partial charge in [-0.25, -0.2) is 8.42 Å². The van der Waals surface area contributed by atoms with Crippen molar-refractivity contribution in [1.82, 2.24) is 0 Å². The molecule has 148 valence electrons. The van der Waals surface area contributed by atoms with E-state index in [1.54, 1.807) is 6.92 Å². The average molecular weight is 375 g/mol. The number of rotatable bonds is 5. The minimum Gasteiger partial charge on any atom is -0.459 e. The van der Waals surface area contributed by atoms with Gasteiger partial charge in [0.15, 0.2) is 9.84 Å². The van der Waals surface area contributed by atoms with Crippen LogP contribution >= 0.6 is 0 Å². The number of sulfone groups is 1. The van der Waals surface area contributed by atoms with Crippen molar-refractivity contribution in [2.75, 3.05) is 6.26 Å². The molecule has 25 heavy (non-hydrogen) atoms. The first-order valence-electron chi connectivity index (χ1n) is 8.99. The third-order valence-corrected chi connectivity index (χ3v) is 9.48. The molecule has 0 spiro atoms. The van der Waals surface area contributed by atoms with Crippen molar-refractivity contribution in [3.8, 4) is 0 Å². The Balaban J connectivity index is 0.00000156. The summed E-state index contributed by atoms with van der Waals surface area (Å²) >= 11 is 0. The Bertz CT molecular complexity index is 567. The summed E-state index contributed by atoms with van der Waals surface area (Å²) in [6.07, 6.45) is 7.66. The summed E-state index contributed by atoms with van der Waals surface area (Å²) in [6, 6.07) is 0. The van der Waals surface area contributed by atoms with E-state index in [2.05, 4.69) is 6.92 Å². The zero-order valence-electron chi connectivity index (χ0n) is 14.8. The van der Waals surface area contributed by atoms with E-state index in [0.29, 0.717) is 18.3 Å². The molecule has 0 radical (unpaired) electrons. The van der Waals surface area contributed by atoms with Gasteiger partial charge in [0.2, 0.25) is 0 Å². The molecule has 0 aliphatic heterocycles. The van der Waals surface area contributed by atoms with Crippen LogP contribution in [0.1, 0.15) is 80.6 Å². The topological polar surface area (TPSA) is 60.4 Å². The molecule has 4 fully saturated rings. The van der Waals surface area contributed by atoms with Crippen molar-refractivity contribution in [3.05, 3.63) is 0 Å². The lowest BCUT2D eigenvalue weighted by Gasteiger charge is -2.59. The van der Waals surface area contributed by atoms with E-state index in [9.17, 15) is 13.2 Å². The fourth-order valence-electron chi connectivity index (χ4n) is 5.39. The molecular formula is C20H38O4S.